The largest absolute Gasteiger partial charge is 0.363 e. The second-order valence-electron chi connectivity index (χ2n) is 6.00. The molecule has 0 aliphatic carbocycles. The van der Waals surface area contributed by atoms with Crippen molar-refractivity contribution in [1.82, 2.24) is 20.0 Å². The zero-order chi connectivity index (χ0) is 14.2. The van der Waals surface area contributed by atoms with E-state index in [9.17, 15) is 4.79 Å². The number of aryl methyl sites for hydroxylation is 1. The fourth-order valence-electron chi connectivity index (χ4n) is 2.80. The third kappa shape index (κ3) is 2.58. The monoisotopic (exact) mass is 278 g/mol. The van der Waals surface area contributed by atoms with Gasteiger partial charge in [-0.3, -0.25) is 9.48 Å². The third-order valence-corrected chi connectivity index (χ3v) is 4.25. The van der Waals surface area contributed by atoms with E-state index in [0.717, 1.165) is 38.0 Å². The van der Waals surface area contributed by atoms with Gasteiger partial charge in [-0.25, -0.2) is 0 Å². The van der Waals surface area contributed by atoms with E-state index in [-0.39, 0.29) is 18.1 Å². The number of hydrogen-bond acceptors (Lipinski definition) is 4. The van der Waals surface area contributed by atoms with Crippen molar-refractivity contribution in [3.63, 3.8) is 0 Å². The van der Waals surface area contributed by atoms with E-state index in [1.54, 1.807) is 0 Å². The van der Waals surface area contributed by atoms with Crippen molar-refractivity contribution in [3.05, 3.63) is 17.5 Å². The Bertz CT molecular complexity index is 507. The van der Waals surface area contributed by atoms with Gasteiger partial charge in [0.1, 0.15) is 6.61 Å². The summed E-state index contributed by atoms with van der Waals surface area (Å²) < 4.78 is 7.66. The van der Waals surface area contributed by atoms with Crippen molar-refractivity contribution in [2.24, 2.45) is 7.05 Å². The topological polar surface area (TPSA) is 59.4 Å². The summed E-state index contributed by atoms with van der Waals surface area (Å²) in [5, 5.41) is 7.45. The van der Waals surface area contributed by atoms with Crippen molar-refractivity contribution in [2.75, 3.05) is 26.2 Å². The Balaban J connectivity index is 1.60. The van der Waals surface area contributed by atoms with Crippen LogP contribution >= 0.6 is 0 Å². The van der Waals surface area contributed by atoms with Crippen molar-refractivity contribution < 1.29 is 9.53 Å². The van der Waals surface area contributed by atoms with Crippen LogP contribution in [0.2, 0.25) is 0 Å². The summed E-state index contributed by atoms with van der Waals surface area (Å²) in [6.45, 7) is 5.32. The summed E-state index contributed by atoms with van der Waals surface area (Å²) in [6, 6.07) is 0. The average Bonchev–Trinajstić information content (AvgIpc) is 2.64. The summed E-state index contributed by atoms with van der Waals surface area (Å²) in [7, 11) is 1.96. The van der Waals surface area contributed by atoms with E-state index in [1.807, 2.05) is 29.7 Å². The van der Waals surface area contributed by atoms with Gasteiger partial charge in [0.05, 0.1) is 11.8 Å². The second kappa shape index (κ2) is 5.18. The van der Waals surface area contributed by atoms with Gasteiger partial charge in [-0.05, 0) is 19.8 Å². The predicted octanol–water partition coefficient (Wildman–Crippen LogP) is 0.0734. The van der Waals surface area contributed by atoms with E-state index >= 15 is 0 Å². The maximum Gasteiger partial charge on any atom is 0.248 e. The molecule has 1 aromatic heterocycles. The van der Waals surface area contributed by atoms with Gasteiger partial charge in [-0.2, -0.15) is 5.10 Å². The molecule has 1 saturated heterocycles. The van der Waals surface area contributed by atoms with Crippen LogP contribution in [0.3, 0.4) is 0 Å². The Hall–Kier alpha value is -1.40. The molecule has 2 aliphatic heterocycles. The van der Waals surface area contributed by atoms with Gasteiger partial charge in [0.2, 0.25) is 5.91 Å². The smallest absolute Gasteiger partial charge is 0.248 e. The van der Waals surface area contributed by atoms with E-state index in [4.69, 9.17) is 4.74 Å². The van der Waals surface area contributed by atoms with Crippen LogP contribution in [0, 0.1) is 0 Å². The first-order valence-corrected chi connectivity index (χ1v) is 7.20. The molecular weight excluding hydrogens is 256 g/mol. The lowest BCUT2D eigenvalue weighted by atomic mass is 10.0. The molecule has 0 aromatic carbocycles. The first-order valence-electron chi connectivity index (χ1n) is 7.20. The van der Waals surface area contributed by atoms with Gasteiger partial charge in [-0.15, -0.1) is 0 Å². The minimum absolute atomic E-state index is 0.0785. The van der Waals surface area contributed by atoms with Crippen molar-refractivity contribution >= 4 is 5.91 Å². The van der Waals surface area contributed by atoms with Crippen molar-refractivity contribution in [2.45, 2.75) is 31.9 Å². The maximum atomic E-state index is 12.3. The average molecular weight is 278 g/mol. The van der Waals surface area contributed by atoms with Crippen LogP contribution in [0.4, 0.5) is 0 Å². The summed E-state index contributed by atoms with van der Waals surface area (Å²) in [6.07, 6.45) is 3.84. The van der Waals surface area contributed by atoms with Crippen LogP contribution in [-0.4, -0.2) is 52.4 Å². The number of hydrogen-bond donors (Lipinski definition) is 1. The second-order valence-corrected chi connectivity index (χ2v) is 6.00. The molecule has 0 unspecified atom stereocenters. The van der Waals surface area contributed by atoms with E-state index in [1.165, 1.54) is 5.69 Å². The maximum absolute atomic E-state index is 12.3. The fraction of sp³-hybridized carbons (Fsp3) is 0.714. The number of nitrogens with zero attached hydrogens (tertiary/aromatic N) is 3. The normalized spacial score (nSPS) is 21.0. The molecule has 6 heteroatoms. The molecule has 3 heterocycles. The van der Waals surface area contributed by atoms with Crippen LogP contribution in [0.15, 0.2) is 6.20 Å². The van der Waals surface area contributed by atoms with Gasteiger partial charge < -0.3 is 15.0 Å². The molecule has 0 radical (unpaired) electrons. The SMILES string of the molecule is Cn1ncc2c1CCCN(C(=O)COC1(C)CNC1)C2. The number of aromatic nitrogens is 2. The van der Waals surface area contributed by atoms with Crippen molar-refractivity contribution in [3.8, 4) is 0 Å². The van der Waals surface area contributed by atoms with E-state index in [0.29, 0.717) is 6.54 Å². The first kappa shape index (κ1) is 13.6. The number of amides is 1. The van der Waals surface area contributed by atoms with E-state index in [2.05, 4.69) is 10.4 Å². The molecule has 0 spiro atoms. The molecule has 20 heavy (non-hydrogen) atoms. The first-order chi connectivity index (χ1) is 9.57. The molecule has 3 rings (SSSR count). The zero-order valence-electron chi connectivity index (χ0n) is 12.2. The Morgan fingerprint density at radius 1 is 1.55 bits per heavy atom. The van der Waals surface area contributed by atoms with Gasteiger partial charge in [0.25, 0.3) is 0 Å². The Morgan fingerprint density at radius 3 is 3.05 bits per heavy atom. The number of carbonyl (C=O) groups excluding carboxylic acids is 1. The number of nitrogens with one attached hydrogen (secondary N) is 1. The van der Waals surface area contributed by atoms with Crippen LogP contribution in [-0.2, 0) is 29.5 Å². The van der Waals surface area contributed by atoms with Gasteiger partial charge >= 0.3 is 0 Å². The summed E-state index contributed by atoms with van der Waals surface area (Å²) >= 11 is 0. The molecule has 0 bridgehead atoms. The van der Waals surface area contributed by atoms with Crippen molar-refractivity contribution in [1.29, 1.82) is 0 Å². The molecular formula is C14H22N4O2. The standard InChI is InChI=1S/C14H22N4O2/c1-14(9-15-10-14)20-8-13(19)18-5-3-4-12-11(7-18)6-16-17(12)2/h6,15H,3-5,7-10H2,1-2H3. The number of carbonyl (C=O) groups is 1. The Kier molecular flexibility index (Phi) is 3.52. The minimum Gasteiger partial charge on any atom is -0.363 e. The molecule has 1 fully saturated rings. The molecule has 110 valence electrons. The number of ether oxygens (including phenoxy) is 1. The summed E-state index contributed by atoms with van der Waals surface area (Å²) in [5.74, 6) is 0.0785. The van der Waals surface area contributed by atoms with Gasteiger partial charge in [-0.1, -0.05) is 0 Å². The Morgan fingerprint density at radius 2 is 2.35 bits per heavy atom. The minimum atomic E-state index is -0.166. The van der Waals surface area contributed by atoms with Crippen LogP contribution < -0.4 is 5.32 Å². The van der Waals surface area contributed by atoms with Gasteiger partial charge in [0.15, 0.2) is 0 Å². The highest BCUT2D eigenvalue weighted by Crippen LogP contribution is 2.19. The quantitative estimate of drug-likeness (QED) is 0.850. The molecule has 0 saturated carbocycles. The summed E-state index contributed by atoms with van der Waals surface area (Å²) in [4.78, 5) is 14.2. The zero-order valence-corrected chi connectivity index (χ0v) is 12.2. The highest BCUT2D eigenvalue weighted by molar-refractivity contribution is 5.77. The van der Waals surface area contributed by atoms with Crippen LogP contribution in [0.1, 0.15) is 24.6 Å². The lowest BCUT2D eigenvalue weighted by molar-refractivity contribution is -0.146. The Labute approximate surface area is 119 Å². The molecule has 0 atom stereocenters. The molecule has 2 aliphatic rings. The molecule has 1 N–H and O–H groups in total. The lowest BCUT2D eigenvalue weighted by Crippen LogP contribution is -2.59. The predicted molar refractivity (Wildman–Crippen MR) is 74.2 cm³/mol. The third-order valence-electron chi connectivity index (χ3n) is 4.25. The highest BCUT2D eigenvalue weighted by atomic mass is 16.5. The van der Waals surface area contributed by atoms with Crippen LogP contribution in [0.5, 0.6) is 0 Å². The van der Waals surface area contributed by atoms with Crippen LogP contribution in [0.25, 0.3) is 0 Å². The lowest BCUT2D eigenvalue weighted by Gasteiger charge is -2.39. The molecule has 6 nitrogen and oxygen atoms in total. The molecule has 1 aromatic rings. The summed E-state index contributed by atoms with van der Waals surface area (Å²) in [5.41, 5.74) is 2.24. The van der Waals surface area contributed by atoms with E-state index < -0.39 is 0 Å². The number of fused-ring (bicyclic) bond motifs is 1. The fourth-order valence-corrected chi connectivity index (χ4v) is 2.80. The van der Waals surface area contributed by atoms with Gasteiger partial charge in [0, 0.05) is 44.5 Å². The highest BCUT2D eigenvalue weighted by Gasteiger charge is 2.33. The molecule has 1 amide bonds. The number of rotatable bonds is 3.